The van der Waals surface area contributed by atoms with E-state index in [2.05, 4.69) is 10.3 Å². The third kappa shape index (κ3) is 4.35. The average Bonchev–Trinajstić information content (AvgIpc) is 3.24. The Labute approximate surface area is 187 Å². The van der Waals surface area contributed by atoms with Crippen molar-refractivity contribution in [3.05, 3.63) is 76.9 Å². The molecule has 1 unspecified atom stereocenters. The van der Waals surface area contributed by atoms with Gasteiger partial charge in [0, 0.05) is 11.4 Å². The van der Waals surface area contributed by atoms with E-state index in [-0.39, 0.29) is 17.1 Å². The molecule has 0 saturated heterocycles. The summed E-state index contributed by atoms with van der Waals surface area (Å²) in [7, 11) is 0. The van der Waals surface area contributed by atoms with Crippen LogP contribution in [0.25, 0.3) is 5.82 Å². The van der Waals surface area contributed by atoms with Gasteiger partial charge in [0.2, 0.25) is 11.7 Å². The first-order valence-electron chi connectivity index (χ1n) is 9.52. The van der Waals surface area contributed by atoms with Gasteiger partial charge in [-0.1, -0.05) is 0 Å². The van der Waals surface area contributed by atoms with Gasteiger partial charge in [0.1, 0.15) is 11.6 Å². The van der Waals surface area contributed by atoms with Crippen LogP contribution >= 0.6 is 0 Å². The predicted molar refractivity (Wildman–Crippen MR) is 111 cm³/mol. The second-order valence-corrected chi connectivity index (χ2v) is 7.05. The third-order valence-corrected chi connectivity index (χ3v) is 4.83. The maximum atomic E-state index is 13.8. The number of hydrogen-bond acceptors (Lipinski definition) is 6. The van der Waals surface area contributed by atoms with Crippen LogP contribution in [0, 0.1) is 5.82 Å². The monoisotopic (exact) mass is 477 g/mol. The van der Waals surface area contributed by atoms with Crippen molar-refractivity contribution >= 4 is 34.9 Å². The number of hydrogen-bond donors (Lipinski definition) is 4. The summed E-state index contributed by atoms with van der Waals surface area (Å²) in [6, 6.07) is 7.87. The van der Waals surface area contributed by atoms with E-state index in [1.54, 1.807) is 0 Å². The van der Waals surface area contributed by atoms with Crippen LogP contribution in [-0.4, -0.2) is 23.3 Å². The lowest BCUT2D eigenvalue weighted by Gasteiger charge is -2.29. The second kappa shape index (κ2) is 8.42. The van der Waals surface area contributed by atoms with Crippen LogP contribution in [0.1, 0.15) is 5.56 Å². The van der Waals surface area contributed by atoms with Crippen LogP contribution in [0.5, 0.6) is 0 Å². The minimum Gasteiger partial charge on any atom is -0.478 e. The lowest BCUT2D eigenvalue weighted by molar-refractivity contribution is -0.139. The number of urea groups is 1. The molecular weight excluding hydrogens is 462 g/mol. The molecule has 0 saturated carbocycles. The topological polar surface area (TPSA) is 133 Å². The molecule has 2 heterocycles. The molecule has 34 heavy (non-hydrogen) atoms. The Morgan fingerprint density at radius 2 is 1.79 bits per heavy atom. The van der Waals surface area contributed by atoms with E-state index in [1.807, 2.05) is 5.32 Å². The summed E-state index contributed by atoms with van der Waals surface area (Å²) < 4.78 is 57.5. The number of anilines is 3. The SMILES string of the molecule is NC1=c2ccoc2=NC(C(=O)O)N1c1ccc(NC(=O)Nc2cc(C(F)(F)F)ccc2F)cc1. The molecule has 2 aromatic carbocycles. The summed E-state index contributed by atoms with van der Waals surface area (Å²) in [6.45, 7) is 0. The van der Waals surface area contributed by atoms with E-state index >= 15 is 0 Å². The summed E-state index contributed by atoms with van der Waals surface area (Å²) in [6.07, 6.45) is -4.78. The Morgan fingerprint density at radius 1 is 1.09 bits per heavy atom. The molecule has 9 nitrogen and oxygen atoms in total. The fourth-order valence-corrected chi connectivity index (χ4v) is 3.26. The lowest BCUT2D eigenvalue weighted by Crippen LogP contribution is -2.50. The number of fused-ring (bicyclic) bond motifs is 1. The first-order valence-corrected chi connectivity index (χ1v) is 9.52. The number of amides is 2. The number of nitrogens with two attached hydrogens (primary N) is 1. The van der Waals surface area contributed by atoms with Crippen molar-refractivity contribution in [2.45, 2.75) is 12.3 Å². The highest BCUT2D eigenvalue weighted by molar-refractivity contribution is 6.00. The lowest BCUT2D eigenvalue weighted by atomic mass is 10.2. The van der Waals surface area contributed by atoms with Gasteiger partial charge in [0.25, 0.3) is 0 Å². The van der Waals surface area contributed by atoms with Crippen LogP contribution in [-0.2, 0) is 11.0 Å². The normalized spacial score (nSPS) is 15.4. The number of carbonyl (C=O) groups excluding carboxylic acids is 1. The molecule has 1 aromatic heterocycles. The molecule has 176 valence electrons. The van der Waals surface area contributed by atoms with Gasteiger partial charge >= 0.3 is 18.2 Å². The van der Waals surface area contributed by atoms with Crippen LogP contribution < -0.4 is 32.0 Å². The summed E-state index contributed by atoms with van der Waals surface area (Å²) in [5.41, 5.74) is 4.95. The largest absolute Gasteiger partial charge is 0.478 e. The average molecular weight is 477 g/mol. The quantitative estimate of drug-likeness (QED) is 0.427. The summed E-state index contributed by atoms with van der Waals surface area (Å²) in [5, 5.41) is 14.3. The maximum absolute atomic E-state index is 13.8. The minimum atomic E-state index is -4.71. The van der Waals surface area contributed by atoms with Gasteiger partial charge in [0.15, 0.2) is 0 Å². The number of rotatable bonds is 4. The maximum Gasteiger partial charge on any atom is 0.416 e. The van der Waals surface area contributed by atoms with Crippen molar-refractivity contribution in [2.75, 3.05) is 15.5 Å². The van der Waals surface area contributed by atoms with E-state index < -0.39 is 41.4 Å². The number of halogens is 4. The number of alkyl halides is 3. The van der Waals surface area contributed by atoms with Crippen molar-refractivity contribution < 1.29 is 36.7 Å². The van der Waals surface area contributed by atoms with Crippen LogP contribution in [0.4, 0.5) is 39.4 Å². The van der Waals surface area contributed by atoms with E-state index in [1.165, 1.54) is 41.5 Å². The fourth-order valence-electron chi connectivity index (χ4n) is 3.26. The molecular formula is C21H15F4N5O4. The van der Waals surface area contributed by atoms with Gasteiger partial charge < -0.3 is 25.9 Å². The number of carbonyl (C=O) groups is 2. The number of carboxylic acid groups (broad SMARTS) is 1. The van der Waals surface area contributed by atoms with E-state index in [9.17, 15) is 32.3 Å². The Bertz CT molecular complexity index is 1390. The molecule has 2 amide bonds. The molecule has 3 aromatic rings. The summed E-state index contributed by atoms with van der Waals surface area (Å²) >= 11 is 0. The molecule has 1 aliphatic rings. The van der Waals surface area contributed by atoms with Gasteiger partial charge in [-0.25, -0.2) is 19.0 Å². The minimum absolute atomic E-state index is 0.0814. The Morgan fingerprint density at radius 3 is 2.44 bits per heavy atom. The molecule has 5 N–H and O–H groups in total. The summed E-state index contributed by atoms with van der Waals surface area (Å²) in [4.78, 5) is 29.2. The van der Waals surface area contributed by atoms with Crippen molar-refractivity contribution in [1.82, 2.24) is 0 Å². The van der Waals surface area contributed by atoms with Crippen LogP contribution in [0.15, 0.2) is 64.2 Å². The van der Waals surface area contributed by atoms with E-state index in [4.69, 9.17) is 10.2 Å². The van der Waals surface area contributed by atoms with Gasteiger partial charge in [-0.2, -0.15) is 13.2 Å². The van der Waals surface area contributed by atoms with Gasteiger partial charge in [0.05, 0.1) is 22.7 Å². The number of benzene rings is 2. The first kappa shape index (κ1) is 22.6. The van der Waals surface area contributed by atoms with Crippen LogP contribution in [0.3, 0.4) is 0 Å². The number of nitrogens with zero attached hydrogens (tertiary/aromatic N) is 2. The highest BCUT2D eigenvalue weighted by atomic mass is 19.4. The molecule has 1 aliphatic heterocycles. The third-order valence-electron chi connectivity index (χ3n) is 4.83. The highest BCUT2D eigenvalue weighted by Gasteiger charge is 2.32. The molecule has 4 rings (SSSR count). The molecule has 0 bridgehead atoms. The molecule has 0 fully saturated rings. The van der Waals surface area contributed by atoms with E-state index in [0.29, 0.717) is 29.1 Å². The molecule has 1 atom stereocenters. The Balaban J connectivity index is 1.53. The number of nitrogens with one attached hydrogen (secondary N) is 2. The molecule has 0 radical (unpaired) electrons. The zero-order valence-electron chi connectivity index (χ0n) is 16.9. The van der Waals surface area contributed by atoms with Gasteiger partial charge in [-0.05, 0) is 48.5 Å². The smallest absolute Gasteiger partial charge is 0.416 e. The van der Waals surface area contributed by atoms with Crippen molar-refractivity contribution in [3.8, 4) is 0 Å². The zero-order chi connectivity index (χ0) is 24.6. The second-order valence-electron chi connectivity index (χ2n) is 7.05. The first-order chi connectivity index (χ1) is 16.0. The molecule has 0 aliphatic carbocycles. The van der Waals surface area contributed by atoms with Crippen LogP contribution in [0.2, 0.25) is 0 Å². The fraction of sp³-hybridized carbons (Fsp3) is 0.0952. The standard InChI is InChI=1S/C21H15F4N5O4/c22-14-6-1-10(21(23,24)25)9-15(14)28-20(33)27-11-2-4-12(5-3-11)30-16(26)13-7-8-34-18(13)29-17(30)19(31)32/h1-9,17H,26H2,(H,31,32)(H2,27,28,33). The van der Waals surface area contributed by atoms with E-state index in [0.717, 1.165) is 0 Å². The number of carboxylic acids is 1. The zero-order valence-corrected chi connectivity index (χ0v) is 16.9. The number of furan rings is 1. The summed E-state index contributed by atoms with van der Waals surface area (Å²) in [5.74, 6) is -2.24. The predicted octanol–water partition coefficient (Wildman–Crippen LogP) is 2.66. The van der Waals surface area contributed by atoms with Crippen molar-refractivity contribution in [2.24, 2.45) is 10.7 Å². The molecule has 13 heteroatoms. The van der Waals surface area contributed by atoms with Crippen molar-refractivity contribution in [1.29, 1.82) is 0 Å². The van der Waals surface area contributed by atoms with Crippen molar-refractivity contribution in [3.63, 3.8) is 0 Å². The molecule has 0 spiro atoms. The number of aliphatic carboxylic acids is 1. The Kier molecular flexibility index (Phi) is 5.61. The Hall–Kier alpha value is -4.55. The highest BCUT2D eigenvalue weighted by Crippen LogP contribution is 2.32. The van der Waals surface area contributed by atoms with Gasteiger partial charge in [-0.15, -0.1) is 0 Å². The van der Waals surface area contributed by atoms with Gasteiger partial charge in [-0.3, -0.25) is 4.90 Å².